The molecule has 0 aliphatic rings. The molecule has 0 rings (SSSR count). The first-order valence-electron chi connectivity index (χ1n) is 8.35. The molecule has 3 nitrogen and oxygen atoms in total. The van der Waals surface area contributed by atoms with E-state index in [1.165, 1.54) is 11.4 Å². The zero-order chi connectivity index (χ0) is 16.4. The molecule has 2 atom stereocenters. The monoisotopic (exact) mass is 328 g/mol. The highest BCUT2D eigenvalue weighted by Crippen LogP contribution is 2.05. The minimum atomic E-state index is 0. The van der Waals surface area contributed by atoms with Gasteiger partial charge in [0.2, 0.25) is 0 Å². The standard InChI is InChI=1S/C18H36N2O.2CH4/c1-13(2)9-15(5)19-17(7)11-21-12-18(8)20-16(6)10-14(3)4;;/h13-14,17-18H,9-12H2,1-8H3;2*1H4. The third-order valence-corrected chi connectivity index (χ3v) is 3.01. The minimum absolute atomic E-state index is 0. The van der Waals surface area contributed by atoms with Gasteiger partial charge in [-0.3, -0.25) is 9.98 Å². The lowest BCUT2D eigenvalue weighted by molar-refractivity contribution is 0.116. The average molecular weight is 329 g/mol. The van der Waals surface area contributed by atoms with Crippen molar-refractivity contribution in [1.29, 1.82) is 0 Å². The number of nitrogens with zero attached hydrogens (tertiary/aromatic N) is 2. The molecule has 0 N–H and O–H groups in total. The molecule has 140 valence electrons. The maximum absolute atomic E-state index is 5.75. The third-order valence-electron chi connectivity index (χ3n) is 3.01. The van der Waals surface area contributed by atoms with Crippen LogP contribution in [-0.4, -0.2) is 36.7 Å². The number of ether oxygens (including phenoxy) is 1. The van der Waals surface area contributed by atoms with Crippen molar-refractivity contribution < 1.29 is 4.74 Å². The predicted octanol–water partition coefficient (Wildman–Crippen LogP) is 6.07. The zero-order valence-corrected chi connectivity index (χ0v) is 15.4. The molecule has 0 aliphatic carbocycles. The van der Waals surface area contributed by atoms with Crippen LogP contribution in [0.4, 0.5) is 0 Å². The Balaban J connectivity index is -0.00000200. The lowest BCUT2D eigenvalue weighted by Crippen LogP contribution is -2.18. The SMILES string of the molecule is C.C.CC(CC(C)C)=NC(C)COCC(C)N=C(C)CC(C)C. The second-order valence-electron chi connectivity index (χ2n) is 7.16. The number of rotatable bonds is 10. The molecule has 3 heteroatoms. The van der Waals surface area contributed by atoms with Gasteiger partial charge in [0.25, 0.3) is 0 Å². The fourth-order valence-electron chi connectivity index (χ4n) is 2.52. The van der Waals surface area contributed by atoms with Gasteiger partial charge >= 0.3 is 0 Å². The summed E-state index contributed by atoms with van der Waals surface area (Å²) in [6.07, 6.45) is 2.14. The summed E-state index contributed by atoms with van der Waals surface area (Å²) < 4.78 is 5.75. The summed E-state index contributed by atoms with van der Waals surface area (Å²) in [5.41, 5.74) is 2.44. The molecule has 0 amide bonds. The van der Waals surface area contributed by atoms with Gasteiger partial charge in [-0.05, 0) is 52.4 Å². The fraction of sp³-hybridized carbons (Fsp3) is 0.900. The van der Waals surface area contributed by atoms with Crippen molar-refractivity contribution in [3.8, 4) is 0 Å². The molecule has 0 fully saturated rings. The maximum Gasteiger partial charge on any atom is 0.0704 e. The molecular weight excluding hydrogens is 284 g/mol. The van der Waals surface area contributed by atoms with Crippen LogP contribution in [0.5, 0.6) is 0 Å². The molecule has 2 unspecified atom stereocenters. The Morgan fingerprint density at radius 1 is 0.696 bits per heavy atom. The molecule has 0 aromatic heterocycles. The van der Waals surface area contributed by atoms with Crippen LogP contribution < -0.4 is 0 Å². The van der Waals surface area contributed by atoms with E-state index in [1.807, 2.05) is 0 Å². The molecule has 0 heterocycles. The average Bonchev–Trinajstić information content (AvgIpc) is 2.25. The molecule has 23 heavy (non-hydrogen) atoms. The highest BCUT2D eigenvalue weighted by atomic mass is 16.5. The van der Waals surface area contributed by atoms with Crippen molar-refractivity contribution in [2.24, 2.45) is 21.8 Å². The molecule has 0 radical (unpaired) electrons. The highest BCUT2D eigenvalue weighted by molar-refractivity contribution is 5.82. The van der Waals surface area contributed by atoms with Crippen LogP contribution >= 0.6 is 0 Å². The largest absolute Gasteiger partial charge is 0.377 e. The Labute approximate surface area is 147 Å². The van der Waals surface area contributed by atoms with E-state index >= 15 is 0 Å². The van der Waals surface area contributed by atoms with E-state index in [-0.39, 0.29) is 26.9 Å². The van der Waals surface area contributed by atoms with E-state index < -0.39 is 0 Å². The van der Waals surface area contributed by atoms with Crippen LogP contribution in [0.15, 0.2) is 9.98 Å². The fourth-order valence-corrected chi connectivity index (χ4v) is 2.52. The van der Waals surface area contributed by atoms with Gasteiger partial charge in [0.15, 0.2) is 0 Å². The summed E-state index contributed by atoms with van der Waals surface area (Å²) in [4.78, 5) is 9.34. The van der Waals surface area contributed by atoms with Crippen molar-refractivity contribution in [2.75, 3.05) is 13.2 Å². The van der Waals surface area contributed by atoms with Gasteiger partial charge in [0.05, 0.1) is 25.3 Å². The van der Waals surface area contributed by atoms with Crippen LogP contribution in [-0.2, 0) is 4.74 Å². The van der Waals surface area contributed by atoms with E-state index in [2.05, 4.69) is 65.4 Å². The van der Waals surface area contributed by atoms with Crippen LogP contribution in [0, 0.1) is 11.8 Å². The summed E-state index contributed by atoms with van der Waals surface area (Å²) in [6.45, 7) is 18.7. The Morgan fingerprint density at radius 3 is 1.26 bits per heavy atom. The number of aliphatic imine (C=N–C) groups is 2. The van der Waals surface area contributed by atoms with Crippen molar-refractivity contribution in [2.45, 2.75) is 95.2 Å². The van der Waals surface area contributed by atoms with Gasteiger partial charge in [0.1, 0.15) is 0 Å². The lowest BCUT2D eigenvalue weighted by atomic mass is 10.1. The lowest BCUT2D eigenvalue weighted by Gasteiger charge is -2.13. The Kier molecular flexibility index (Phi) is 17.6. The molecule has 0 aliphatic heterocycles. The second kappa shape index (κ2) is 14.9. The Morgan fingerprint density at radius 2 is 1.00 bits per heavy atom. The first kappa shape index (κ1) is 27.2. The Hall–Kier alpha value is -0.700. The van der Waals surface area contributed by atoms with Gasteiger partial charge in [0, 0.05) is 11.4 Å². The first-order chi connectivity index (χ1) is 9.70. The number of hydrogen-bond acceptors (Lipinski definition) is 3. The summed E-state index contributed by atoms with van der Waals surface area (Å²) in [5.74, 6) is 1.33. The van der Waals surface area contributed by atoms with E-state index in [4.69, 9.17) is 4.74 Å². The summed E-state index contributed by atoms with van der Waals surface area (Å²) in [6, 6.07) is 0.466. The van der Waals surface area contributed by atoms with Crippen LogP contribution in [0.3, 0.4) is 0 Å². The molecule has 0 aromatic rings. The predicted molar refractivity (Wildman–Crippen MR) is 108 cm³/mol. The van der Waals surface area contributed by atoms with E-state index in [0.717, 1.165) is 12.8 Å². The van der Waals surface area contributed by atoms with Crippen molar-refractivity contribution >= 4 is 11.4 Å². The maximum atomic E-state index is 5.75. The van der Waals surface area contributed by atoms with Gasteiger partial charge in [-0.15, -0.1) is 0 Å². The number of hydrogen-bond donors (Lipinski definition) is 0. The van der Waals surface area contributed by atoms with E-state index in [0.29, 0.717) is 25.0 Å². The van der Waals surface area contributed by atoms with Gasteiger partial charge in [-0.25, -0.2) is 0 Å². The second-order valence-corrected chi connectivity index (χ2v) is 7.16. The summed E-state index contributed by atoms with van der Waals surface area (Å²) in [7, 11) is 0. The molecule has 0 saturated carbocycles. The molecule has 0 aromatic carbocycles. The third kappa shape index (κ3) is 17.5. The molecule has 0 saturated heterocycles. The van der Waals surface area contributed by atoms with E-state index in [9.17, 15) is 0 Å². The minimum Gasteiger partial charge on any atom is -0.377 e. The molecule has 0 bridgehead atoms. The first-order valence-corrected chi connectivity index (χ1v) is 8.35. The van der Waals surface area contributed by atoms with Crippen molar-refractivity contribution in [3.05, 3.63) is 0 Å². The van der Waals surface area contributed by atoms with E-state index in [1.54, 1.807) is 0 Å². The zero-order valence-electron chi connectivity index (χ0n) is 15.4. The van der Waals surface area contributed by atoms with Crippen LogP contribution in [0.25, 0.3) is 0 Å². The topological polar surface area (TPSA) is 34.0 Å². The van der Waals surface area contributed by atoms with Crippen LogP contribution in [0.2, 0.25) is 0 Å². The quantitative estimate of drug-likeness (QED) is 0.448. The van der Waals surface area contributed by atoms with Gasteiger partial charge in [-0.2, -0.15) is 0 Å². The highest BCUT2D eigenvalue weighted by Gasteiger charge is 2.06. The normalized spacial score (nSPS) is 15.2. The molecular formula is C20H44N2O. The smallest absolute Gasteiger partial charge is 0.0704 e. The summed E-state index contributed by atoms with van der Waals surface area (Å²) in [5, 5.41) is 0. The summed E-state index contributed by atoms with van der Waals surface area (Å²) >= 11 is 0. The Bertz CT molecular complexity index is 301. The van der Waals surface area contributed by atoms with Crippen LogP contribution in [0.1, 0.15) is 83.1 Å². The molecule has 0 spiro atoms. The van der Waals surface area contributed by atoms with Crippen molar-refractivity contribution in [1.82, 2.24) is 0 Å². The van der Waals surface area contributed by atoms with Crippen molar-refractivity contribution in [3.63, 3.8) is 0 Å². The van der Waals surface area contributed by atoms with Gasteiger partial charge < -0.3 is 4.74 Å². The van der Waals surface area contributed by atoms with Gasteiger partial charge in [-0.1, -0.05) is 42.5 Å².